The van der Waals surface area contributed by atoms with Crippen LogP contribution in [0.5, 0.6) is 0 Å². The van der Waals surface area contributed by atoms with Crippen LogP contribution in [0.2, 0.25) is 0 Å². The predicted molar refractivity (Wildman–Crippen MR) is 138 cm³/mol. The third kappa shape index (κ3) is 9.69. The minimum Gasteiger partial charge on any atom is -0.374 e. The van der Waals surface area contributed by atoms with Crippen molar-refractivity contribution in [1.82, 2.24) is 15.5 Å². The van der Waals surface area contributed by atoms with Gasteiger partial charge < -0.3 is 20.3 Å². The first kappa shape index (κ1) is 26.9. The highest BCUT2D eigenvalue weighted by Crippen LogP contribution is 2.15. The van der Waals surface area contributed by atoms with Gasteiger partial charge in [-0.2, -0.15) is 0 Å². The van der Waals surface area contributed by atoms with Gasteiger partial charge in [0.25, 0.3) is 5.91 Å². The Hall–Kier alpha value is -2.13. The highest BCUT2D eigenvalue weighted by atomic mass is 127. The van der Waals surface area contributed by atoms with Crippen molar-refractivity contribution in [3.05, 3.63) is 71.3 Å². The van der Waals surface area contributed by atoms with Crippen LogP contribution in [0.1, 0.15) is 47.9 Å². The number of carbonyl (C=O) groups is 1. The Balaban J connectivity index is 0.00000480. The number of amides is 1. The van der Waals surface area contributed by atoms with Gasteiger partial charge in [-0.05, 0) is 43.5 Å². The Labute approximate surface area is 203 Å². The van der Waals surface area contributed by atoms with E-state index in [2.05, 4.69) is 34.7 Å². The fraction of sp³-hybridized carbons (Fsp3) is 0.417. The van der Waals surface area contributed by atoms with E-state index in [9.17, 15) is 4.79 Å². The third-order valence-corrected chi connectivity index (χ3v) is 4.62. The number of halogens is 1. The molecule has 2 rings (SSSR count). The molecule has 2 aromatic carbocycles. The van der Waals surface area contributed by atoms with E-state index >= 15 is 0 Å². The van der Waals surface area contributed by atoms with Gasteiger partial charge >= 0.3 is 0 Å². The van der Waals surface area contributed by atoms with Gasteiger partial charge in [-0.15, -0.1) is 24.0 Å². The largest absolute Gasteiger partial charge is 0.374 e. The third-order valence-electron chi connectivity index (χ3n) is 4.62. The Morgan fingerprint density at radius 3 is 2.35 bits per heavy atom. The van der Waals surface area contributed by atoms with E-state index in [4.69, 9.17) is 4.74 Å². The van der Waals surface area contributed by atoms with Crippen LogP contribution in [0.4, 0.5) is 0 Å². The highest BCUT2D eigenvalue weighted by molar-refractivity contribution is 14.0. The van der Waals surface area contributed by atoms with Crippen LogP contribution in [0.15, 0.2) is 59.6 Å². The zero-order chi connectivity index (χ0) is 21.8. The monoisotopic (exact) mass is 538 g/mol. The molecular weight excluding hydrogens is 503 g/mol. The summed E-state index contributed by atoms with van der Waals surface area (Å²) in [4.78, 5) is 18.2. The number of rotatable bonds is 10. The molecule has 0 aromatic heterocycles. The first-order valence-corrected chi connectivity index (χ1v) is 10.5. The first-order valence-electron chi connectivity index (χ1n) is 10.5. The molecule has 0 fully saturated rings. The van der Waals surface area contributed by atoms with Gasteiger partial charge in [0, 0.05) is 39.4 Å². The number of hydrogen-bond donors (Lipinski definition) is 2. The first-order chi connectivity index (χ1) is 14.5. The minimum atomic E-state index is 0. The summed E-state index contributed by atoms with van der Waals surface area (Å²) >= 11 is 0. The number of carbonyl (C=O) groups excluding carboxylic acids is 1. The second kappa shape index (κ2) is 14.8. The lowest BCUT2D eigenvalue weighted by Crippen LogP contribution is -2.38. The number of guanidine groups is 1. The summed E-state index contributed by atoms with van der Waals surface area (Å²) in [5.74, 6) is 0.783. The zero-order valence-corrected chi connectivity index (χ0v) is 21.3. The van der Waals surface area contributed by atoms with Crippen LogP contribution in [-0.4, -0.2) is 50.6 Å². The quantitative estimate of drug-likeness (QED) is 0.206. The summed E-state index contributed by atoms with van der Waals surface area (Å²) in [6.45, 7) is 6.93. The van der Waals surface area contributed by atoms with Crippen LogP contribution in [0.25, 0.3) is 0 Å². The second-order valence-electron chi connectivity index (χ2n) is 7.30. The fourth-order valence-corrected chi connectivity index (χ4v) is 2.88. The molecule has 7 heteroatoms. The molecule has 1 unspecified atom stereocenters. The normalized spacial score (nSPS) is 11.9. The van der Waals surface area contributed by atoms with Gasteiger partial charge in [-0.25, -0.2) is 4.99 Å². The molecule has 0 saturated carbocycles. The highest BCUT2D eigenvalue weighted by Gasteiger charge is 2.07. The maximum Gasteiger partial charge on any atom is 0.253 e. The van der Waals surface area contributed by atoms with Crippen molar-refractivity contribution in [3.8, 4) is 0 Å². The number of ether oxygens (including phenoxy) is 1. The van der Waals surface area contributed by atoms with Crippen LogP contribution in [0.3, 0.4) is 0 Å². The molecular formula is C24H35IN4O2. The number of nitrogens with one attached hydrogen (secondary N) is 2. The lowest BCUT2D eigenvalue weighted by molar-refractivity contribution is 0.0646. The van der Waals surface area contributed by atoms with E-state index in [0.29, 0.717) is 18.7 Å². The number of hydrogen-bond acceptors (Lipinski definition) is 3. The van der Waals surface area contributed by atoms with Crippen molar-refractivity contribution in [2.45, 2.75) is 32.9 Å². The summed E-state index contributed by atoms with van der Waals surface area (Å²) in [5, 5.41) is 6.61. The molecule has 6 nitrogen and oxygen atoms in total. The lowest BCUT2D eigenvalue weighted by Gasteiger charge is -2.15. The molecule has 2 N–H and O–H groups in total. The van der Waals surface area contributed by atoms with Gasteiger partial charge in [0.15, 0.2) is 5.96 Å². The fourth-order valence-electron chi connectivity index (χ4n) is 2.88. The molecule has 31 heavy (non-hydrogen) atoms. The van der Waals surface area contributed by atoms with E-state index < -0.39 is 0 Å². The lowest BCUT2D eigenvalue weighted by atomic mass is 10.1. The molecule has 0 spiro atoms. The van der Waals surface area contributed by atoms with E-state index in [1.54, 1.807) is 19.0 Å². The smallest absolute Gasteiger partial charge is 0.253 e. The molecule has 0 aliphatic carbocycles. The van der Waals surface area contributed by atoms with Crippen LogP contribution in [-0.2, 0) is 11.3 Å². The standard InChI is InChI=1S/C24H34N4O2.HI/c1-5-25-24(26-16-9-17-30-19(2)21-10-7-6-8-11-21)27-18-20-12-14-22(15-13-20)23(29)28(3)4;/h6-8,10-15,19H,5,9,16-18H2,1-4H3,(H2,25,26,27);1H. The van der Waals surface area contributed by atoms with Crippen molar-refractivity contribution in [3.63, 3.8) is 0 Å². The summed E-state index contributed by atoms with van der Waals surface area (Å²) < 4.78 is 5.92. The van der Waals surface area contributed by atoms with Crippen molar-refractivity contribution in [2.24, 2.45) is 4.99 Å². The maximum absolute atomic E-state index is 12.0. The van der Waals surface area contributed by atoms with Gasteiger partial charge in [0.05, 0.1) is 12.6 Å². The SMILES string of the molecule is CCNC(=NCc1ccc(C(=O)N(C)C)cc1)NCCCOC(C)c1ccccc1.I. The summed E-state index contributed by atoms with van der Waals surface area (Å²) in [7, 11) is 3.50. The predicted octanol–water partition coefficient (Wildman–Crippen LogP) is 4.23. The van der Waals surface area contributed by atoms with Gasteiger partial charge in [0.1, 0.15) is 0 Å². The molecule has 0 aliphatic heterocycles. The molecule has 1 amide bonds. The molecule has 0 bridgehead atoms. The molecule has 0 heterocycles. The molecule has 0 radical (unpaired) electrons. The summed E-state index contributed by atoms with van der Waals surface area (Å²) in [5.41, 5.74) is 2.93. The van der Waals surface area contributed by atoms with Crippen LogP contribution >= 0.6 is 24.0 Å². The summed E-state index contributed by atoms with van der Waals surface area (Å²) in [6, 6.07) is 17.8. The zero-order valence-electron chi connectivity index (χ0n) is 18.9. The van der Waals surface area contributed by atoms with E-state index in [-0.39, 0.29) is 36.0 Å². The van der Waals surface area contributed by atoms with Crippen LogP contribution in [0, 0.1) is 0 Å². The molecule has 0 aliphatic rings. The Morgan fingerprint density at radius 1 is 1.06 bits per heavy atom. The minimum absolute atomic E-state index is 0. The number of benzene rings is 2. The van der Waals surface area contributed by atoms with Gasteiger partial charge in [0.2, 0.25) is 0 Å². The Kier molecular flexibility index (Phi) is 12.8. The van der Waals surface area contributed by atoms with Crippen molar-refractivity contribution < 1.29 is 9.53 Å². The second-order valence-corrected chi connectivity index (χ2v) is 7.30. The Morgan fingerprint density at radius 2 is 1.74 bits per heavy atom. The molecule has 2 aromatic rings. The van der Waals surface area contributed by atoms with E-state index in [1.165, 1.54) is 5.56 Å². The van der Waals surface area contributed by atoms with E-state index in [0.717, 1.165) is 31.0 Å². The van der Waals surface area contributed by atoms with E-state index in [1.807, 2.05) is 49.4 Å². The van der Waals surface area contributed by atoms with Gasteiger partial charge in [-0.3, -0.25) is 4.79 Å². The van der Waals surface area contributed by atoms with Crippen LogP contribution < -0.4 is 10.6 Å². The van der Waals surface area contributed by atoms with Crippen molar-refractivity contribution >= 4 is 35.8 Å². The average Bonchev–Trinajstić information content (AvgIpc) is 2.77. The maximum atomic E-state index is 12.0. The topological polar surface area (TPSA) is 66.0 Å². The van der Waals surface area contributed by atoms with Crippen molar-refractivity contribution in [1.29, 1.82) is 0 Å². The molecule has 1 atom stereocenters. The Bertz CT molecular complexity index is 795. The molecule has 0 saturated heterocycles. The average molecular weight is 538 g/mol. The number of nitrogens with zero attached hydrogens (tertiary/aromatic N) is 2. The molecule has 170 valence electrons. The summed E-state index contributed by atoms with van der Waals surface area (Å²) in [6.07, 6.45) is 0.985. The van der Waals surface area contributed by atoms with Crippen molar-refractivity contribution in [2.75, 3.05) is 33.8 Å². The number of aliphatic imine (C=N–C) groups is 1. The van der Waals surface area contributed by atoms with Gasteiger partial charge in [-0.1, -0.05) is 42.5 Å².